The van der Waals surface area contributed by atoms with Crippen LogP contribution in [-0.4, -0.2) is 21.7 Å². The van der Waals surface area contributed by atoms with E-state index < -0.39 is 0 Å². The normalized spacial score (nSPS) is 20.2. The highest BCUT2D eigenvalue weighted by molar-refractivity contribution is 8.26. The Hall–Kier alpha value is -2.37. The summed E-state index contributed by atoms with van der Waals surface area (Å²) in [6, 6.07) is 18.0. The summed E-state index contributed by atoms with van der Waals surface area (Å²) < 4.78 is 6.95. The van der Waals surface area contributed by atoms with Crippen molar-refractivity contribution in [1.82, 2.24) is 4.90 Å². The highest BCUT2D eigenvalue weighted by atomic mass is 32.2. The molecule has 0 radical (unpaired) electrons. The van der Waals surface area contributed by atoms with E-state index in [-0.39, 0.29) is 12.0 Å². The lowest BCUT2D eigenvalue weighted by atomic mass is 9.95. The van der Waals surface area contributed by atoms with E-state index in [0.29, 0.717) is 15.8 Å². The van der Waals surface area contributed by atoms with Crippen molar-refractivity contribution in [3.63, 3.8) is 0 Å². The number of nitrogens with zero attached hydrogens (tertiary/aromatic N) is 1. The second kappa shape index (κ2) is 8.33. The first-order valence-electron chi connectivity index (χ1n) is 9.45. The third kappa shape index (κ3) is 3.77. The zero-order valence-electron chi connectivity index (χ0n) is 15.6. The van der Waals surface area contributed by atoms with E-state index in [9.17, 15) is 4.79 Å². The Bertz CT molecular complexity index is 966. The summed E-state index contributed by atoms with van der Waals surface area (Å²) in [7, 11) is 0. The number of hydrogen-bond acceptors (Lipinski definition) is 4. The van der Waals surface area contributed by atoms with E-state index in [1.807, 2.05) is 60.7 Å². The van der Waals surface area contributed by atoms with Crippen molar-refractivity contribution in [1.29, 1.82) is 0 Å². The molecule has 2 aliphatic rings. The predicted octanol–water partition coefficient (Wildman–Crippen LogP) is 5.75. The highest BCUT2D eigenvalue weighted by Crippen LogP contribution is 2.40. The molecule has 1 unspecified atom stereocenters. The van der Waals surface area contributed by atoms with Crippen LogP contribution in [0.1, 0.15) is 37.0 Å². The second-order valence-corrected chi connectivity index (χ2v) is 8.45. The number of amides is 1. The van der Waals surface area contributed by atoms with Crippen LogP contribution in [0.25, 0.3) is 6.08 Å². The van der Waals surface area contributed by atoms with Crippen LogP contribution in [0, 0.1) is 0 Å². The Morgan fingerprint density at radius 2 is 1.89 bits per heavy atom. The van der Waals surface area contributed by atoms with E-state index in [2.05, 4.69) is 13.0 Å². The molecule has 1 amide bonds. The van der Waals surface area contributed by atoms with Gasteiger partial charge in [-0.25, -0.2) is 0 Å². The van der Waals surface area contributed by atoms with Gasteiger partial charge in [0, 0.05) is 12.1 Å². The Morgan fingerprint density at radius 3 is 2.68 bits per heavy atom. The van der Waals surface area contributed by atoms with Gasteiger partial charge < -0.3 is 4.74 Å². The van der Waals surface area contributed by atoms with Crippen molar-refractivity contribution < 1.29 is 9.53 Å². The Kier molecular flexibility index (Phi) is 5.64. The summed E-state index contributed by atoms with van der Waals surface area (Å²) in [5.41, 5.74) is 3.03. The van der Waals surface area contributed by atoms with Crippen LogP contribution in [0.15, 0.2) is 71.2 Å². The zero-order valence-corrected chi connectivity index (χ0v) is 17.3. The number of thiocarbonyl (C=S) groups is 1. The number of para-hydroxylation sites is 1. The molecule has 142 valence electrons. The largest absolute Gasteiger partial charge is 0.480 e. The summed E-state index contributed by atoms with van der Waals surface area (Å²) in [6.07, 6.45) is 5.77. The molecular weight excluding hydrogens is 386 g/mol. The third-order valence-electron chi connectivity index (χ3n) is 4.80. The molecule has 28 heavy (non-hydrogen) atoms. The maximum atomic E-state index is 12.9. The lowest BCUT2D eigenvalue weighted by Gasteiger charge is -2.26. The van der Waals surface area contributed by atoms with Gasteiger partial charge in [0.15, 0.2) is 0 Å². The predicted molar refractivity (Wildman–Crippen MR) is 119 cm³/mol. The lowest BCUT2D eigenvalue weighted by Crippen LogP contribution is -2.29. The molecule has 0 spiro atoms. The number of rotatable bonds is 5. The Labute approximate surface area is 175 Å². The molecule has 5 heteroatoms. The van der Waals surface area contributed by atoms with E-state index >= 15 is 0 Å². The van der Waals surface area contributed by atoms with Crippen molar-refractivity contribution in [2.75, 3.05) is 6.54 Å². The molecule has 0 saturated carbocycles. The fraction of sp³-hybridized carbons (Fsp3) is 0.217. The lowest BCUT2D eigenvalue weighted by molar-refractivity contribution is -0.122. The monoisotopic (exact) mass is 407 g/mol. The van der Waals surface area contributed by atoms with Gasteiger partial charge in [-0.1, -0.05) is 85.9 Å². The fourth-order valence-corrected chi connectivity index (χ4v) is 4.63. The van der Waals surface area contributed by atoms with E-state index in [1.54, 1.807) is 4.90 Å². The molecule has 4 rings (SSSR count). The average Bonchev–Trinajstić information content (AvgIpc) is 2.99. The van der Waals surface area contributed by atoms with Crippen molar-refractivity contribution in [2.24, 2.45) is 0 Å². The van der Waals surface area contributed by atoms with Gasteiger partial charge in [0.1, 0.15) is 16.2 Å². The fourth-order valence-electron chi connectivity index (χ4n) is 3.32. The zero-order chi connectivity index (χ0) is 19.5. The van der Waals surface area contributed by atoms with Gasteiger partial charge in [-0.2, -0.15) is 0 Å². The maximum absolute atomic E-state index is 12.9. The molecule has 2 aromatic carbocycles. The van der Waals surface area contributed by atoms with Crippen LogP contribution in [0.5, 0.6) is 5.75 Å². The number of unbranched alkanes of at least 4 members (excludes halogenated alkanes) is 1. The topological polar surface area (TPSA) is 29.5 Å². The summed E-state index contributed by atoms with van der Waals surface area (Å²) in [6.45, 7) is 2.79. The molecule has 1 atom stereocenters. The number of thioether (sulfide) groups is 1. The van der Waals surface area contributed by atoms with Gasteiger partial charge >= 0.3 is 0 Å². The molecule has 3 nitrogen and oxygen atoms in total. The molecule has 0 aromatic heterocycles. The first-order valence-corrected chi connectivity index (χ1v) is 10.7. The van der Waals surface area contributed by atoms with Crippen molar-refractivity contribution >= 4 is 40.3 Å². The van der Waals surface area contributed by atoms with Gasteiger partial charge in [0.05, 0.1) is 4.91 Å². The molecule has 0 N–H and O–H groups in total. The van der Waals surface area contributed by atoms with Gasteiger partial charge in [-0.3, -0.25) is 9.69 Å². The first kappa shape index (κ1) is 19.0. The Balaban J connectivity index is 1.71. The Morgan fingerprint density at radius 1 is 1.14 bits per heavy atom. The minimum Gasteiger partial charge on any atom is -0.480 e. The number of hydrogen-bond donors (Lipinski definition) is 0. The molecule has 2 aliphatic heterocycles. The molecule has 0 aliphatic carbocycles. The van der Waals surface area contributed by atoms with Crippen LogP contribution in [0.2, 0.25) is 0 Å². The van der Waals surface area contributed by atoms with E-state index in [4.69, 9.17) is 17.0 Å². The second-order valence-electron chi connectivity index (χ2n) is 6.78. The van der Waals surface area contributed by atoms with Crippen molar-refractivity contribution in [3.05, 3.63) is 82.3 Å². The molecular formula is C23H21NO2S2. The minimum atomic E-state index is -0.254. The molecule has 0 bridgehead atoms. The molecule has 1 fully saturated rings. The maximum Gasteiger partial charge on any atom is 0.266 e. The van der Waals surface area contributed by atoms with Crippen molar-refractivity contribution in [3.8, 4) is 5.75 Å². The average molecular weight is 408 g/mol. The summed E-state index contributed by atoms with van der Waals surface area (Å²) in [5.74, 6) is 0.846. The van der Waals surface area contributed by atoms with Crippen molar-refractivity contribution in [2.45, 2.75) is 25.9 Å². The van der Waals surface area contributed by atoms with Gasteiger partial charge in [-0.05, 0) is 35.8 Å². The smallest absolute Gasteiger partial charge is 0.266 e. The van der Waals surface area contributed by atoms with E-state index in [1.165, 1.54) is 11.8 Å². The van der Waals surface area contributed by atoms with Crippen LogP contribution in [0.3, 0.4) is 0 Å². The van der Waals surface area contributed by atoms with Crippen LogP contribution < -0.4 is 4.74 Å². The molecule has 1 saturated heterocycles. The standard InChI is InChI=1S/C23H21NO2S2/c1-2-3-13-24-22(25)20(28-23(24)27)15-18-14-17-11-7-8-12-19(17)26-21(18)16-9-5-4-6-10-16/h4-12,14-15,21H,2-3,13H2,1H3/b20-15-. The first-order chi connectivity index (χ1) is 13.7. The quantitative estimate of drug-likeness (QED) is 0.466. The van der Waals surface area contributed by atoms with Crippen LogP contribution in [-0.2, 0) is 4.79 Å². The number of benzene rings is 2. The minimum absolute atomic E-state index is 0.00461. The van der Waals surface area contributed by atoms with Crippen LogP contribution in [0.4, 0.5) is 0 Å². The number of carbonyl (C=O) groups is 1. The van der Waals surface area contributed by atoms with Gasteiger partial charge in [0.25, 0.3) is 5.91 Å². The summed E-state index contributed by atoms with van der Waals surface area (Å²) >= 11 is 6.82. The highest BCUT2D eigenvalue weighted by Gasteiger charge is 2.33. The van der Waals surface area contributed by atoms with Gasteiger partial charge in [-0.15, -0.1) is 0 Å². The van der Waals surface area contributed by atoms with Gasteiger partial charge in [0.2, 0.25) is 0 Å². The number of carbonyl (C=O) groups excluding carboxylic acids is 1. The summed E-state index contributed by atoms with van der Waals surface area (Å²) in [5, 5.41) is 0. The SMILES string of the molecule is CCCCN1C(=O)/C(=C/C2=Cc3ccccc3OC2c2ccccc2)SC1=S. The summed E-state index contributed by atoms with van der Waals surface area (Å²) in [4.78, 5) is 15.2. The molecule has 2 aromatic rings. The van der Waals surface area contributed by atoms with E-state index in [0.717, 1.165) is 35.3 Å². The molecule has 2 heterocycles. The number of ether oxygens (including phenoxy) is 1. The van der Waals surface area contributed by atoms with Crippen LogP contribution >= 0.6 is 24.0 Å². The third-order valence-corrected chi connectivity index (χ3v) is 6.18. The number of fused-ring (bicyclic) bond motifs is 1.